The van der Waals surface area contributed by atoms with E-state index in [1.165, 1.54) is 4.90 Å². The molecule has 1 aromatic carbocycles. The van der Waals surface area contributed by atoms with Crippen LogP contribution in [0.4, 0.5) is 8.78 Å². The number of carbonyl (C=O) groups is 1. The van der Waals surface area contributed by atoms with Crippen molar-refractivity contribution in [2.24, 2.45) is 5.73 Å². The van der Waals surface area contributed by atoms with Crippen LogP contribution in [0.15, 0.2) is 18.2 Å². The van der Waals surface area contributed by atoms with Crippen LogP contribution in [-0.4, -0.2) is 42.6 Å². The number of morpholine rings is 1. The Morgan fingerprint density at radius 1 is 1.53 bits per heavy atom. The number of hydrogen-bond donors (Lipinski definition) is 1. The highest BCUT2D eigenvalue weighted by Crippen LogP contribution is 2.15. The molecule has 1 saturated heterocycles. The number of halogens is 2. The molecule has 1 fully saturated rings. The van der Waals surface area contributed by atoms with Gasteiger partial charge in [0.25, 0.3) is 5.91 Å². The van der Waals surface area contributed by atoms with E-state index in [9.17, 15) is 13.6 Å². The third kappa shape index (κ3) is 3.08. The fourth-order valence-electron chi connectivity index (χ4n) is 2.01. The first-order chi connectivity index (χ1) is 8.99. The van der Waals surface area contributed by atoms with Crippen LogP contribution in [0.5, 0.6) is 0 Å². The second-order valence-electron chi connectivity index (χ2n) is 4.64. The zero-order valence-electron chi connectivity index (χ0n) is 10.6. The summed E-state index contributed by atoms with van der Waals surface area (Å²) in [7, 11) is 0. The predicted octanol–water partition coefficient (Wildman–Crippen LogP) is 1.15. The molecule has 6 heteroatoms. The van der Waals surface area contributed by atoms with Crippen LogP contribution in [0.1, 0.15) is 17.3 Å². The summed E-state index contributed by atoms with van der Waals surface area (Å²) < 4.78 is 31.8. The highest BCUT2D eigenvalue weighted by Gasteiger charge is 2.28. The number of benzene rings is 1. The molecular weight excluding hydrogens is 254 g/mol. The molecule has 4 nitrogen and oxygen atoms in total. The van der Waals surface area contributed by atoms with Gasteiger partial charge < -0.3 is 15.4 Å². The molecule has 0 radical (unpaired) electrons. The van der Waals surface area contributed by atoms with Crippen molar-refractivity contribution in [2.75, 3.05) is 19.7 Å². The first kappa shape index (κ1) is 13.9. The van der Waals surface area contributed by atoms with Crippen molar-refractivity contribution < 1.29 is 18.3 Å². The standard InChI is InChI=1S/C13H16F2N2O2/c1-8(16)12-7-17(4-5-19-12)13(18)10-3-2-9(14)6-11(10)15/h2-3,6,8,12H,4-5,7,16H2,1H3. The molecule has 1 heterocycles. The van der Waals surface area contributed by atoms with E-state index in [0.29, 0.717) is 25.8 Å². The van der Waals surface area contributed by atoms with E-state index in [4.69, 9.17) is 10.5 Å². The third-order valence-electron chi connectivity index (χ3n) is 3.13. The van der Waals surface area contributed by atoms with Crippen LogP contribution in [0, 0.1) is 11.6 Å². The first-order valence-corrected chi connectivity index (χ1v) is 6.10. The van der Waals surface area contributed by atoms with Crippen molar-refractivity contribution >= 4 is 5.91 Å². The van der Waals surface area contributed by atoms with Crippen LogP contribution in [-0.2, 0) is 4.74 Å². The van der Waals surface area contributed by atoms with Crippen LogP contribution >= 0.6 is 0 Å². The van der Waals surface area contributed by atoms with E-state index in [2.05, 4.69) is 0 Å². The molecule has 1 amide bonds. The highest BCUT2D eigenvalue weighted by atomic mass is 19.1. The van der Waals surface area contributed by atoms with Gasteiger partial charge in [-0.15, -0.1) is 0 Å². The molecule has 2 N–H and O–H groups in total. The van der Waals surface area contributed by atoms with Crippen molar-refractivity contribution in [3.63, 3.8) is 0 Å². The van der Waals surface area contributed by atoms with Crippen molar-refractivity contribution in [1.29, 1.82) is 0 Å². The summed E-state index contributed by atoms with van der Waals surface area (Å²) >= 11 is 0. The molecule has 104 valence electrons. The highest BCUT2D eigenvalue weighted by molar-refractivity contribution is 5.94. The Morgan fingerprint density at radius 3 is 2.89 bits per heavy atom. The van der Waals surface area contributed by atoms with Crippen LogP contribution in [0.2, 0.25) is 0 Å². The second-order valence-corrected chi connectivity index (χ2v) is 4.64. The van der Waals surface area contributed by atoms with Gasteiger partial charge in [0.1, 0.15) is 11.6 Å². The van der Waals surface area contributed by atoms with E-state index < -0.39 is 17.5 Å². The van der Waals surface area contributed by atoms with Crippen LogP contribution < -0.4 is 5.73 Å². The van der Waals surface area contributed by atoms with Crippen molar-refractivity contribution in [3.05, 3.63) is 35.4 Å². The Bertz CT molecular complexity index is 480. The minimum atomic E-state index is -0.853. The number of nitrogens with two attached hydrogens (primary N) is 1. The summed E-state index contributed by atoms with van der Waals surface area (Å²) in [5, 5.41) is 0. The molecular formula is C13H16F2N2O2. The molecule has 1 aliphatic heterocycles. The zero-order chi connectivity index (χ0) is 14.0. The van der Waals surface area contributed by atoms with Crippen molar-refractivity contribution in [1.82, 2.24) is 4.90 Å². The smallest absolute Gasteiger partial charge is 0.257 e. The molecule has 2 rings (SSSR count). The van der Waals surface area contributed by atoms with Gasteiger partial charge in [0.05, 0.1) is 18.3 Å². The molecule has 0 spiro atoms. The Balaban J connectivity index is 2.15. The monoisotopic (exact) mass is 270 g/mol. The molecule has 1 aliphatic rings. The topological polar surface area (TPSA) is 55.6 Å². The summed E-state index contributed by atoms with van der Waals surface area (Å²) in [6.07, 6.45) is -0.263. The Hall–Kier alpha value is -1.53. The van der Waals surface area contributed by atoms with Crippen molar-refractivity contribution in [2.45, 2.75) is 19.1 Å². The summed E-state index contributed by atoms with van der Waals surface area (Å²) in [5.74, 6) is -2.02. The maximum Gasteiger partial charge on any atom is 0.257 e. The fraction of sp³-hybridized carbons (Fsp3) is 0.462. The molecule has 19 heavy (non-hydrogen) atoms. The number of carbonyl (C=O) groups excluding carboxylic acids is 1. The lowest BCUT2D eigenvalue weighted by Gasteiger charge is -2.34. The van der Waals surface area contributed by atoms with Gasteiger partial charge in [0.2, 0.25) is 0 Å². The average molecular weight is 270 g/mol. The zero-order valence-corrected chi connectivity index (χ0v) is 10.6. The van der Waals surface area contributed by atoms with Crippen LogP contribution in [0.25, 0.3) is 0 Å². The van der Waals surface area contributed by atoms with Gasteiger partial charge >= 0.3 is 0 Å². The van der Waals surface area contributed by atoms with E-state index >= 15 is 0 Å². The first-order valence-electron chi connectivity index (χ1n) is 6.10. The van der Waals surface area contributed by atoms with Gasteiger partial charge in [-0.25, -0.2) is 8.78 Å². The molecule has 0 saturated carbocycles. The molecule has 0 aliphatic carbocycles. The SMILES string of the molecule is CC(N)C1CN(C(=O)c2ccc(F)cc2F)CCO1. The maximum atomic E-state index is 13.6. The van der Waals surface area contributed by atoms with Gasteiger partial charge in [-0.3, -0.25) is 4.79 Å². The Labute approximate surface area is 110 Å². The van der Waals surface area contributed by atoms with E-state index in [1.54, 1.807) is 6.92 Å². The van der Waals surface area contributed by atoms with Gasteiger partial charge in [0, 0.05) is 25.2 Å². The van der Waals surface area contributed by atoms with Gasteiger partial charge in [-0.1, -0.05) is 0 Å². The molecule has 2 unspecified atom stereocenters. The lowest BCUT2D eigenvalue weighted by Crippen LogP contribution is -2.51. The number of hydrogen-bond acceptors (Lipinski definition) is 3. The van der Waals surface area contributed by atoms with Crippen molar-refractivity contribution in [3.8, 4) is 0 Å². The summed E-state index contributed by atoms with van der Waals surface area (Å²) in [6.45, 7) is 2.84. The van der Waals surface area contributed by atoms with Gasteiger partial charge in [-0.2, -0.15) is 0 Å². The lowest BCUT2D eigenvalue weighted by molar-refractivity contribution is -0.0301. The predicted molar refractivity (Wildman–Crippen MR) is 65.7 cm³/mol. The normalized spacial score (nSPS) is 21.3. The minimum Gasteiger partial charge on any atom is -0.373 e. The number of nitrogens with zero attached hydrogens (tertiary/aromatic N) is 1. The number of ether oxygens (including phenoxy) is 1. The summed E-state index contributed by atoms with van der Waals surface area (Å²) in [4.78, 5) is 13.6. The van der Waals surface area contributed by atoms with Crippen LogP contribution in [0.3, 0.4) is 0 Å². The van der Waals surface area contributed by atoms with Gasteiger partial charge in [0.15, 0.2) is 0 Å². The molecule has 0 aromatic heterocycles. The molecule has 2 atom stereocenters. The number of amides is 1. The Morgan fingerprint density at radius 2 is 2.26 bits per heavy atom. The summed E-state index contributed by atoms with van der Waals surface area (Å²) in [6, 6.07) is 2.72. The van der Waals surface area contributed by atoms with E-state index in [0.717, 1.165) is 12.1 Å². The maximum absolute atomic E-state index is 13.6. The Kier molecular flexibility index (Phi) is 4.11. The van der Waals surface area contributed by atoms with Gasteiger partial charge in [-0.05, 0) is 19.1 Å². The third-order valence-corrected chi connectivity index (χ3v) is 3.13. The molecule has 1 aromatic rings. The minimum absolute atomic E-state index is 0.133. The fourth-order valence-corrected chi connectivity index (χ4v) is 2.01. The lowest BCUT2D eigenvalue weighted by atomic mass is 10.1. The second kappa shape index (κ2) is 5.63. The average Bonchev–Trinajstić information content (AvgIpc) is 2.38. The quantitative estimate of drug-likeness (QED) is 0.877. The van der Waals surface area contributed by atoms with E-state index in [1.807, 2.05) is 0 Å². The number of rotatable bonds is 2. The largest absolute Gasteiger partial charge is 0.373 e. The van der Waals surface area contributed by atoms with E-state index in [-0.39, 0.29) is 17.7 Å². The molecule has 0 bridgehead atoms. The summed E-state index contributed by atoms with van der Waals surface area (Å²) in [5.41, 5.74) is 5.60.